The maximum Gasteiger partial charge on any atom is 0.317 e. The van der Waals surface area contributed by atoms with Gasteiger partial charge in [0.15, 0.2) is 0 Å². The Morgan fingerprint density at radius 2 is 2.26 bits per heavy atom. The van der Waals surface area contributed by atoms with Gasteiger partial charge in [-0.15, -0.1) is 0 Å². The number of fused-ring (bicyclic) bond motifs is 1. The van der Waals surface area contributed by atoms with E-state index in [2.05, 4.69) is 22.1 Å². The number of urea groups is 1. The van der Waals surface area contributed by atoms with Crippen molar-refractivity contribution in [2.45, 2.75) is 64.1 Å². The van der Waals surface area contributed by atoms with Gasteiger partial charge in [0.05, 0.1) is 6.33 Å². The number of aromatic nitrogens is 2. The zero-order valence-corrected chi connectivity index (χ0v) is 16.6. The van der Waals surface area contributed by atoms with Gasteiger partial charge in [-0.3, -0.25) is 9.69 Å². The molecule has 7 heteroatoms. The lowest BCUT2D eigenvalue weighted by molar-refractivity contribution is -0.124. The van der Waals surface area contributed by atoms with Crippen molar-refractivity contribution in [1.29, 1.82) is 0 Å². The maximum atomic E-state index is 12.6. The fourth-order valence-corrected chi connectivity index (χ4v) is 4.60. The molecule has 1 aliphatic heterocycles. The Labute approximate surface area is 162 Å². The van der Waals surface area contributed by atoms with Crippen molar-refractivity contribution >= 4 is 11.8 Å². The van der Waals surface area contributed by atoms with Gasteiger partial charge in [0.25, 0.3) is 0 Å². The number of rotatable bonds is 7. The Hall–Kier alpha value is -1.89. The van der Waals surface area contributed by atoms with Gasteiger partial charge in [-0.1, -0.05) is 6.92 Å². The minimum Gasteiger partial charge on any atom is -0.337 e. The molecule has 0 unspecified atom stereocenters. The Morgan fingerprint density at radius 1 is 1.41 bits per heavy atom. The van der Waals surface area contributed by atoms with Crippen LogP contribution in [0.2, 0.25) is 0 Å². The number of imidazole rings is 1. The van der Waals surface area contributed by atoms with E-state index in [9.17, 15) is 9.59 Å². The second kappa shape index (κ2) is 9.35. The van der Waals surface area contributed by atoms with Gasteiger partial charge >= 0.3 is 6.03 Å². The van der Waals surface area contributed by atoms with Crippen LogP contribution in [-0.4, -0.2) is 69.9 Å². The lowest BCUT2D eigenvalue weighted by Crippen LogP contribution is -2.58. The molecular formula is C20H33N5O2. The van der Waals surface area contributed by atoms with Gasteiger partial charge in [-0.05, 0) is 38.1 Å². The van der Waals surface area contributed by atoms with Crippen LogP contribution in [0, 0.1) is 5.92 Å². The standard InChI is InChI=1S/C20H33N5O2/c1-3-8-25-14-17(12-16-13-18(26)5-6-19(16)25)22-20(27)23(2)9-4-10-24-11-7-21-15-24/h7,11,15-17,19H,3-6,8-10,12-14H2,1-2H3,(H,22,27)/t16-,17+,19-/m1/s1. The first-order valence-corrected chi connectivity index (χ1v) is 10.3. The highest BCUT2D eigenvalue weighted by Gasteiger charge is 2.39. The minimum absolute atomic E-state index is 0.0114. The summed E-state index contributed by atoms with van der Waals surface area (Å²) >= 11 is 0. The fraction of sp³-hybridized carbons (Fsp3) is 0.750. The molecular weight excluding hydrogens is 342 g/mol. The number of hydrogen-bond donors (Lipinski definition) is 1. The number of nitrogens with zero attached hydrogens (tertiary/aromatic N) is 4. The average molecular weight is 376 g/mol. The molecule has 1 aromatic heterocycles. The summed E-state index contributed by atoms with van der Waals surface area (Å²) in [5, 5.41) is 3.21. The number of carbonyl (C=O) groups excluding carboxylic acids is 2. The van der Waals surface area contributed by atoms with Crippen molar-refractivity contribution < 1.29 is 9.59 Å². The number of hydrogen-bond acceptors (Lipinski definition) is 4. The van der Waals surface area contributed by atoms with E-state index in [4.69, 9.17) is 0 Å². The SMILES string of the molecule is CCCN1C[C@@H](NC(=O)N(C)CCCn2ccnc2)C[C@@H]2CC(=O)CC[C@H]21. The molecule has 0 aromatic carbocycles. The Morgan fingerprint density at radius 3 is 3.00 bits per heavy atom. The van der Waals surface area contributed by atoms with Crippen LogP contribution < -0.4 is 5.32 Å². The zero-order chi connectivity index (χ0) is 19.2. The highest BCUT2D eigenvalue weighted by Crippen LogP contribution is 2.34. The summed E-state index contributed by atoms with van der Waals surface area (Å²) in [6.45, 7) is 5.71. The molecule has 2 amide bonds. The number of aryl methyl sites for hydroxylation is 1. The predicted octanol–water partition coefficient (Wildman–Crippen LogP) is 2.14. The van der Waals surface area contributed by atoms with E-state index < -0.39 is 0 Å². The molecule has 2 fully saturated rings. The summed E-state index contributed by atoms with van der Waals surface area (Å²) in [4.78, 5) is 32.8. The summed E-state index contributed by atoms with van der Waals surface area (Å²) < 4.78 is 2.02. The largest absolute Gasteiger partial charge is 0.337 e. The van der Waals surface area contributed by atoms with Gasteiger partial charge in [0, 0.05) is 64.0 Å². The van der Waals surface area contributed by atoms with Crippen molar-refractivity contribution in [2.24, 2.45) is 5.92 Å². The third kappa shape index (κ3) is 5.31. The van der Waals surface area contributed by atoms with Crippen molar-refractivity contribution in [3.05, 3.63) is 18.7 Å². The van der Waals surface area contributed by atoms with Gasteiger partial charge < -0.3 is 14.8 Å². The Kier molecular flexibility index (Phi) is 6.88. The number of carbonyl (C=O) groups is 2. The van der Waals surface area contributed by atoms with Crippen molar-refractivity contribution in [1.82, 2.24) is 24.7 Å². The predicted molar refractivity (Wildman–Crippen MR) is 104 cm³/mol. The molecule has 3 rings (SSSR count). The molecule has 2 heterocycles. The number of likely N-dealkylation sites (tertiary alicyclic amines) is 1. The first-order valence-electron chi connectivity index (χ1n) is 10.3. The quantitative estimate of drug-likeness (QED) is 0.793. The first kappa shape index (κ1) is 19.9. The van der Waals surface area contributed by atoms with Gasteiger partial charge in [-0.2, -0.15) is 0 Å². The van der Waals surface area contributed by atoms with Crippen LogP contribution in [0.1, 0.15) is 45.4 Å². The van der Waals surface area contributed by atoms with Crippen LogP contribution in [0.3, 0.4) is 0 Å². The summed E-state index contributed by atoms with van der Waals surface area (Å²) in [7, 11) is 1.85. The number of Topliss-reactive ketones (excluding diaryl/α,β-unsaturated/α-hetero) is 1. The van der Waals surface area contributed by atoms with E-state index in [0.29, 0.717) is 30.7 Å². The first-order chi connectivity index (χ1) is 13.1. The third-order valence-corrected chi connectivity index (χ3v) is 5.92. The molecule has 150 valence electrons. The van der Waals surface area contributed by atoms with E-state index >= 15 is 0 Å². The molecule has 1 saturated heterocycles. The molecule has 27 heavy (non-hydrogen) atoms. The molecule has 7 nitrogen and oxygen atoms in total. The van der Waals surface area contributed by atoms with Crippen LogP contribution in [0.5, 0.6) is 0 Å². The molecule has 0 spiro atoms. The van der Waals surface area contributed by atoms with Crippen LogP contribution in [0.4, 0.5) is 4.79 Å². The molecule has 1 N–H and O–H groups in total. The second-order valence-electron chi connectivity index (χ2n) is 8.06. The van der Waals surface area contributed by atoms with Crippen LogP contribution >= 0.6 is 0 Å². The van der Waals surface area contributed by atoms with Crippen molar-refractivity contribution in [3.8, 4) is 0 Å². The highest BCUT2D eigenvalue weighted by atomic mass is 16.2. The monoisotopic (exact) mass is 375 g/mol. The van der Waals surface area contributed by atoms with E-state index in [1.807, 2.05) is 17.8 Å². The summed E-state index contributed by atoms with van der Waals surface area (Å²) in [6.07, 6.45) is 10.8. The Balaban J connectivity index is 1.49. The topological polar surface area (TPSA) is 70.5 Å². The van der Waals surface area contributed by atoms with E-state index in [1.54, 1.807) is 17.4 Å². The lowest BCUT2D eigenvalue weighted by Gasteiger charge is -2.47. The van der Waals surface area contributed by atoms with E-state index in [0.717, 1.165) is 51.7 Å². The van der Waals surface area contributed by atoms with Crippen LogP contribution in [0.25, 0.3) is 0 Å². The van der Waals surface area contributed by atoms with E-state index in [1.165, 1.54) is 0 Å². The second-order valence-corrected chi connectivity index (χ2v) is 8.06. The van der Waals surface area contributed by atoms with E-state index in [-0.39, 0.29) is 12.1 Å². The van der Waals surface area contributed by atoms with Crippen LogP contribution in [0.15, 0.2) is 18.7 Å². The number of ketones is 1. The molecule has 3 atom stereocenters. The molecule has 1 saturated carbocycles. The number of amides is 2. The molecule has 1 aliphatic carbocycles. The van der Waals surface area contributed by atoms with Gasteiger partial charge in [-0.25, -0.2) is 9.78 Å². The van der Waals surface area contributed by atoms with Crippen molar-refractivity contribution in [2.75, 3.05) is 26.7 Å². The average Bonchev–Trinajstić information content (AvgIpc) is 3.15. The molecule has 1 aromatic rings. The molecule has 0 bridgehead atoms. The smallest absolute Gasteiger partial charge is 0.317 e. The summed E-state index contributed by atoms with van der Waals surface area (Å²) in [6, 6.07) is 0.638. The number of nitrogens with one attached hydrogen (secondary N) is 1. The summed E-state index contributed by atoms with van der Waals surface area (Å²) in [5.74, 6) is 0.777. The molecule has 0 radical (unpaired) electrons. The minimum atomic E-state index is -0.0114. The Bertz CT molecular complexity index is 618. The van der Waals surface area contributed by atoms with Gasteiger partial charge in [0.1, 0.15) is 5.78 Å². The highest BCUT2D eigenvalue weighted by molar-refractivity contribution is 5.79. The third-order valence-electron chi connectivity index (χ3n) is 5.92. The van der Waals surface area contributed by atoms with Crippen molar-refractivity contribution in [3.63, 3.8) is 0 Å². The fourth-order valence-electron chi connectivity index (χ4n) is 4.60. The van der Waals surface area contributed by atoms with Gasteiger partial charge in [0.2, 0.25) is 0 Å². The zero-order valence-electron chi connectivity index (χ0n) is 16.6. The molecule has 2 aliphatic rings. The summed E-state index contributed by atoms with van der Waals surface area (Å²) in [5.41, 5.74) is 0. The number of piperidine rings is 1. The lowest BCUT2D eigenvalue weighted by atomic mass is 9.76. The normalized spacial score (nSPS) is 25.9. The van der Waals surface area contributed by atoms with Crippen LogP contribution in [-0.2, 0) is 11.3 Å². The maximum absolute atomic E-state index is 12.6.